The molecule has 2 aromatic carbocycles. The molecule has 0 aliphatic heterocycles. The Morgan fingerprint density at radius 1 is 1.25 bits per heavy atom. The quantitative estimate of drug-likeness (QED) is 0.625. The molecule has 0 atom stereocenters. The molecule has 0 bridgehead atoms. The first-order valence-electron chi connectivity index (χ1n) is 6.97. The van der Waals surface area contributed by atoms with Crippen LogP contribution in [-0.2, 0) is 6.54 Å². The zero-order valence-corrected chi connectivity index (χ0v) is 14.2. The standard InChI is InChI=1S/C16H12BrFN4O2/c1-24-15-7-4-11(8-13(15)18)14(23)9-22-20-16(19-21-22)10-2-5-12(17)6-3-10/h2-8H,9H2,1H3. The lowest BCUT2D eigenvalue weighted by Gasteiger charge is -2.04. The fourth-order valence-electron chi connectivity index (χ4n) is 2.08. The van der Waals surface area contributed by atoms with Crippen LogP contribution in [0.3, 0.4) is 0 Å². The van der Waals surface area contributed by atoms with Gasteiger partial charge in [0.25, 0.3) is 0 Å². The number of ether oxygens (including phenoxy) is 1. The normalized spacial score (nSPS) is 10.6. The number of rotatable bonds is 5. The summed E-state index contributed by atoms with van der Waals surface area (Å²) in [6.45, 7) is -0.130. The van der Waals surface area contributed by atoms with Crippen LogP contribution in [-0.4, -0.2) is 33.1 Å². The van der Waals surface area contributed by atoms with Crippen molar-refractivity contribution >= 4 is 21.7 Å². The molecule has 3 aromatic rings. The van der Waals surface area contributed by atoms with Crippen molar-refractivity contribution in [2.75, 3.05) is 7.11 Å². The number of methoxy groups -OCH3 is 1. The Morgan fingerprint density at radius 2 is 2.00 bits per heavy atom. The fraction of sp³-hybridized carbons (Fsp3) is 0.125. The van der Waals surface area contributed by atoms with Gasteiger partial charge in [0.2, 0.25) is 5.82 Å². The predicted molar refractivity (Wildman–Crippen MR) is 88.2 cm³/mol. The van der Waals surface area contributed by atoms with E-state index in [1.54, 1.807) is 0 Å². The summed E-state index contributed by atoms with van der Waals surface area (Å²) in [5.74, 6) is -0.416. The van der Waals surface area contributed by atoms with Crippen molar-refractivity contribution in [3.05, 3.63) is 58.3 Å². The molecule has 0 spiro atoms. The second kappa shape index (κ2) is 6.88. The van der Waals surface area contributed by atoms with Crippen molar-refractivity contribution in [3.8, 4) is 17.1 Å². The third-order valence-electron chi connectivity index (χ3n) is 3.31. The first-order valence-corrected chi connectivity index (χ1v) is 7.76. The highest BCUT2D eigenvalue weighted by molar-refractivity contribution is 9.10. The molecule has 0 aliphatic rings. The summed E-state index contributed by atoms with van der Waals surface area (Å²) in [5, 5.41) is 12.0. The van der Waals surface area contributed by atoms with Gasteiger partial charge in [0.05, 0.1) is 7.11 Å². The summed E-state index contributed by atoms with van der Waals surface area (Å²) >= 11 is 3.35. The number of ketones is 1. The summed E-state index contributed by atoms with van der Waals surface area (Å²) < 4.78 is 19.4. The first-order chi connectivity index (χ1) is 11.6. The lowest BCUT2D eigenvalue weighted by molar-refractivity contribution is 0.0961. The van der Waals surface area contributed by atoms with E-state index < -0.39 is 5.82 Å². The van der Waals surface area contributed by atoms with Crippen LogP contribution in [0.1, 0.15) is 10.4 Å². The number of aromatic nitrogens is 4. The molecule has 0 aliphatic carbocycles. The first kappa shape index (κ1) is 16.3. The Kier molecular flexibility index (Phi) is 4.66. The van der Waals surface area contributed by atoms with E-state index in [2.05, 4.69) is 31.3 Å². The Morgan fingerprint density at radius 3 is 2.67 bits per heavy atom. The Hall–Kier alpha value is -2.61. The third kappa shape index (κ3) is 3.48. The number of carbonyl (C=O) groups is 1. The van der Waals surface area contributed by atoms with Gasteiger partial charge in [-0.15, -0.1) is 10.2 Å². The number of hydrogen-bond acceptors (Lipinski definition) is 5. The number of tetrazole rings is 1. The summed E-state index contributed by atoms with van der Waals surface area (Å²) in [6, 6.07) is 11.4. The minimum atomic E-state index is -0.592. The highest BCUT2D eigenvalue weighted by Gasteiger charge is 2.13. The Bertz CT molecular complexity index is 880. The van der Waals surface area contributed by atoms with E-state index in [0.717, 1.165) is 16.1 Å². The molecule has 0 N–H and O–H groups in total. The van der Waals surface area contributed by atoms with Gasteiger partial charge < -0.3 is 4.74 Å². The molecule has 6 nitrogen and oxygen atoms in total. The monoisotopic (exact) mass is 390 g/mol. The predicted octanol–water partition coefficient (Wildman–Crippen LogP) is 3.13. The van der Waals surface area contributed by atoms with Crippen molar-refractivity contribution in [2.24, 2.45) is 0 Å². The average Bonchev–Trinajstić information content (AvgIpc) is 3.04. The molecule has 24 heavy (non-hydrogen) atoms. The second-order valence-electron chi connectivity index (χ2n) is 4.92. The van der Waals surface area contributed by atoms with Crippen LogP contribution in [0.2, 0.25) is 0 Å². The lowest BCUT2D eigenvalue weighted by atomic mass is 10.1. The average molecular weight is 391 g/mol. The van der Waals surface area contributed by atoms with Gasteiger partial charge in [-0.2, -0.15) is 4.80 Å². The zero-order chi connectivity index (χ0) is 17.1. The molecular weight excluding hydrogens is 379 g/mol. The molecule has 122 valence electrons. The van der Waals surface area contributed by atoms with E-state index in [1.165, 1.54) is 24.0 Å². The van der Waals surface area contributed by atoms with Gasteiger partial charge in [-0.05, 0) is 47.7 Å². The molecule has 1 heterocycles. The molecular formula is C16H12BrFN4O2. The number of hydrogen-bond donors (Lipinski definition) is 0. The molecule has 0 unspecified atom stereocenters. The van der Waals surface area contributed by atoms with Crippen molar-refractivity contribution in [1.29, 1.82) is 0 Å². The SMILES string of the molecule is COc1ccc(C(=O)Cn2nnc(-c3ccc(Br)cc3)n2)cc1F. The smallest absolute Gasteiger partial charge is 0.204 e. The van der Waals surface area contributed by atoms with E-state index >= 15 is 0 Å². The molecule has 0 fully saturated rings. The molecule has 0 saturated heterocycles. The Labute approximate surface area is 145 Å². The van der Waals surface area contributed by atoms with Crippen molar-refractivity contribution in [2.45, 2.75) is 6.54 Å². The van der Waals surface area contributed by atoms with E-state index in [9.17, 15) is 9.18 Å². The maximum absolute atomic E-state index is 13.7. The van der Waals surface area contributed by atoms with Gasteiger partial charge in [0, 0.05) is 15.6 Å². The molecule has 0 saturated carbocycles. The summed E-state index contributed by atoms with van der Waals surface area (Å²) in [7, 11) is 1.36. The summed E-state index contributed by atoms with van der Waals surface area (Å²) in [4.78, 5) is 13.4. The number of carbonyl (C=O) groups excluding carboxylic acids is 1. The maximum Gasteiger partial charge on any atom is 0.204 e. The highest BCUT2D eigenvalue weighted by Crippen LogP contribution is 2.19. The molecule has 8 heteroatoms. The number of Topliss-reactive ketones (excluding diaryl/α,β-unsaturated/α-hetero) is 1. The largest absolute Gasteiger partial charge is 0.494 e. The summed E-state index contributed by atoms with van der Waals surface area (Å²) in [5.41, 5.74) is 1.00. The number of benzene rings is 2. The molecule has 3 rings (SSSR count). The van der Waals surface area contributed by atoms with Gasteiger partial charge in [-0.25, -0.2) is 4.39 Å². The van der Waals surface area contributed by atoms with E-state index in [1.807, 2.05) is 24.3 Å². The minimum absolute atomic E-state index is 0.0861. The number of nitrogens with zero attached hydrogens (tertiary/aromatic N) is 4. The summed E-state index contributed by atoms with van der Waals surface area (Å²) in [6.07, 6.45) is 0. The van der Waals surface area contributed by atoms with Gasteiger partial charge in [0.1, 0.15) is 6.54 Å². The minimum Gasteiger partial charge on any atom is -0.494 e. The second-order valence-corrected chi connectivity index (χ2v) is 5.84. The topological polar surface area (TPSA) is 69.9 Å². The van der Waals surface area contributed by atoms with Crippen LogP contribution in [0.15, 0.2) is 46.9 Å². The lowest BCUT2D eigenvalue weighted by Crippen LogP contribution is -2.13. The van der Waals surface area contributed by atoms with Crippen LogP contribution in [0.25, 0.3) is 11.4 Å². The van der Waals surface area contributed by atoms with Crippen LogP contribution < -0.4 is 4.74 Å². The van der Waals surface area contributed by atoms with Crippen LogP contribution in [0.5, 0.6) is 5.75 Å². The van der Waals surface area contributed by atoms with Crippen molar-refractivity contribution in [1.82, 2.24) is 20.2 Å². The van der Waals surface area contributed by atoms with Crippen LogP contribution in [0, 0.1) is 5.82 Å². The van der Waals surface area contributed by atoms with Crippen LogP contribution in [0.4, 0.5) is 4.39 Å². The molecule has 1 aromatic heterocycles. The van der Waals surface area contributed by atoms with Crippen molar-refractivity contribution < 1.29 is 13.9 Å². The van der Waals surface area contributed by atoms with E-state index in [4.69, 9.17) is 4.74 Å². The van der Waals surface area contributed by atoms with Gasteiger partial charge in [0.15, 0.2) is 17.3 Å². The van der Waals surface area contributed by atoms with E-state index in [-0.39, 0.29) is 23.6 Å². The maximum atomic E-state index is 13.7. The fourth-order valence-corrected chi connectivity index (χ4v) is 2.35. The zero-order valence-electron chi connectivity index (χ0n) is 12.6. The van der Waals surface area contributed by atoms with Gasteiger partial charge in [-0.3, -0.25) is 4.79 Å². The van der Waals surface area contributed by atoms with Gasteiger partial charge >= 0.3 is 0 Å². The van der Waals surface area contributed by atoms with E-state index in [0.29, 0.717) is 5.82 Å². The third-order valence-corrected chi connectivity index (χ3v) is 3.84. The Balaban J connectivity index is 1.75. The van der Waals surface area contributed by atoms with Crippen LogP contribution >= 0.6 is 15.9 Å². The van der Waals surface area contributed by atoms with Crippen molar-refractivity contribution in [3.63, 3.8) is 0 Å². The molecule has 0 radical (unpaired) electrons. The van der Waals surface area contributed by atoms with Gasteiger partial charge in [-0.1, -0.05) is 15.9 Å². The molecule has 0 amide bonds. The highest BCUT2D eigenvalue weighted by atomic mass is 79.9. The number of halogens is 2.